The highest BCUT2D eigenvalue weighted by molar-refractivity contribution is 5.75. The molecule has 1 aromatic rings. The lowest BCUT2D eigenvalue weighted by atomic mass is 10.4. The van der Waals surface area contributed by atoms with Crippen molar-refractivity contribution in [2.24, 2.45) is 0 Å². The van der Waals surface area contributed by atoms with Crippen molar-refractivity contribution in [2.75, 3.05) is 20.3 Å². The summed E-state index contributed by atoms with van der Waals surface area (Å²) >= 11 is 0. The van der Waals surface area contributed by atoms with Crippen molar-refractivity contribution in [1.82, 2.24) is 14.5 Å². The molecule has 0 aliphatic heterocycles. The second-order valence-electron chi connectivity index (χ2n) is 4.41. The van der Waals surface area contributed by atoms with E-state index in [1.54, 1.807) is 7.11 Å². The molecule has 0 aliphatic carbocycles. The molecule has 0 aliphatic rings. The van der Waals surface area contributed by atoms with Crippen LogP contribution in [0.1, 0.15) is 19.8 Å². The topological polar surface area (TPSA) is 82.3 Å². The van der Waals surface area contributed by atoms with E-state index in [1.165, 1.54) is 16.8 Å². The van der Waals surface area contributed by atoms with E-state index >= 15 is 0 Å². The van der Waals surface area contributed by atoms with Crippen molar-refractivity contribution in [2.45, 2.75) is 32.9 Å². The number of nitrogens with one attached hydrogen (secondary N) is 1. The number of aromatic nitrogens is 2. The summed E-state index contributed by atoms with van der Waals surface area (Å²) in [5.74, 6) is -0.352. The molecule has 0 unspecified atom stereocenters. The first-order valence-electron chi connectivity index (χ1n) is 6.66. The van der Waals surface area contributed by atoms with Gasteiger partial charge in [-0.05, 0) is 12.8 Å². The van der Waals surface area contributed by atoms with Crippen LogP contribution in [0.3, 0.4) is 0 Å². The monoisotopic (exact) mass is 283 g/mol. The summed E-state index contributed by atoms with van der Waals surface area (Å²) in [7, 11) is 1.58. The Morgan fingerprint density at radius 2 is 2.15 bits per heavy atom. The first-order chi connectivity index (χ1) is 9.60. The average Bonchev–Trinajstić information content (AvgIpc) is 2.43. The Bertz CT molecular complexity index is 547. The van der Waals surface area contributed by atoms with E-state index in [0.29, 0.717) is 26.1 Å². The number of carbonyl (C=O) groups is 1. The van der Waals surface area contributed by atoms with Gasteiger partial charge in [0.2, 0.25) is 5.91 Å². The molecule has 7 nitrogen and oxygen atoms in total. The SMILES string of the molecule is CCCn1ccc(=O)n(CC(=O)NCCCOC)c1=O. The molecule has 0 bridgehead atoms. The van der Waals surface area contributed by atoms with Crippen molar-refractivity contribution in [3.63, 3.8) is 0 Å². The Morgan fingerprint density at radius 3 is 2.80 bits per heavy atom. The van der Waals surface area contributed by atoms with E-state index in [9.17, 15) is 14.4 Å². The minimum Gasteiger partial charge on any atom is -0.385 e. The van der Waals surface area contributed by atoms with E-state index in [1.807, 2.05) is 6.92 Å². The fraction of sp³-hybridized carbons (Fsp3) is 0.615. The van der Waals surface area contributed by atoms with E-state index in [-0.39, 0.29) is 12.5 Å². The highest BCUT2D eigenvalue weighted by Gasteiger charge is 2.09. The summed E-state index contributed by atoms with van der Waals surface area (Å²) in [4.78, 5) is 35.4. The molecule has 0 aromatic carbocycles. The zero-order chi connectivity index (χ0) is 15.0. The van der Waals surface area contributed by atoms with Crippen LogP contribution in [0.5, 0.6) is 0 Å². The quantitative estimate of drug-likeness (QED) is 0.656. The Hall–Kier alpha value is -1.89. The van der Waals surface area contributed by atoms with Gasteiger partial charge in [0.15, 0.2) is 0 Å². The molecule has 1 N–H and O–H groups in total. The predicted molar refractivity (Wildman–Crippen MR) is 74.8 cm³/mol. The average molecular weight is 283 g/mol. The molecule has 0 spiro atoms. The molecular formula is C13H21N3O4. The van der Waals surface area contributed by atoms with Crippen LogP contribution < -0.4 is 16.6 Å². The van der Waals surface area contributed by atoms with Gasteiger partial charge in [0.1, 0.15) is 6.54 Å². The molecule has 7 heteroatoms. The lowest BCUT2D eigenvalue weighted by Crippen LogP contribution is -2.43. The molecule has 20 heavy (non-hydrogen) atoms. The Balaban J connectivity index is 2.71. The fourth-order valence-electron chi connectivity index (χ4n) is 1.76. The molecule has 1 aromatic heterocycles. The third-order valence-corrected chi connectivity index (χ3v) is 2.75. The molecule has 0 radical (unpaired) electrons. The highest BCUT2D eigenvalue weighted by atomic mass is 16.5. The molecule has 1 heterocycles. The molecule has 1 amide bonds. The number of nitrogens with zero attached hydrogens (tertiary/aromatic N) is 2. The number of methoxy groups -OCH3 is 1. The van der Waals surface area contributed by atoms with Crippen molar-refractivity contribution >= 4 is 5.91 Å². The summed E-state index contributed by atoms with van der Waals surface area (Å²) in [5, 5.41) is 2.65. The summed E-state index contributed by atoms with van der Waals surface area (Å²) < 4.78 is 7.24. The van der Waals surface area contributed by atoms with Gasteiger partial charge in [-0.3, -0.25) is 14.2 Å². The maximum Gasteiger partial charge on any atom is 0.331 e. The van der Waals surface area contributed by atoms with Crippen molar-refractivity contribution < 1.29 is 9.53 Å². The number of aryl methyl sites for hydroxylation is 1. The summed E-state index contributed by atoms with van der Waals surface area (Å²) in [6.07, 6.45) is 2.93. The Labute approximate surface area is 117 Å². The summed E-state index contributed by atoms with van der Waals surface area (Å²) in [6, 6.07) is 1.30. The number of hydrogen-bond donors (Lipinski definition) is 1. The fourth-order valence-corrected chi connectivity index (χ4v) is 1.76. The van der Waals surface area contributed by atoms with Gasteiger partial charge >= 0.3 is 5.69 Å². The van der Waals surface area contributed by atoms with Crippen LogP contribution >= 0.6 is 0 Å². The van der Waals surface area contributed by atoms with Crippen molar-refractivity contribution in [1.29, 1.82) is 0 Å². The molecule has 1 rings (SSSR count). The number of carbonyl (C=O) groups excluding carboxylic acids is 1. The third-order valence-electron chi connectivity index (χ3n) is 2.75. The number of amides is 1. The molecule has 0 fully saturated rings. The molecule has 0 saturated carbocycles. The number of rotatable bonds is 8. The van der Waals surface area contributed by atoms with Gasteiger partial charge in [0.25, 0.3) is 5.56 Å². The van der Waals surface area contributed by atoms with Gasteiger partial charge in [-0.1, -0.05) is 6.92 Å². The first-order valence-corrected chi connectivity index (χ1v) is 6.66. The summed E-state index contributed by atoms with van der Waals surface area (Å²) in [6.45, 7) is 3.21. The molecule has 0 atom stereocenters. The lowest BCUT2D eigenvalue weighted by Gasteiger charge is -2.09. The van der Waals surface area contributed by atoms with Gasteiger partial charge in [-0.25, -0.2) is 4.79 Å². The van der Waals surface area contributed by atoms with Crippen molar-refractivity contribution in [3.8, 4) is 0 Å². The van der Waals surface area contributed by atoms with Gasteiger partial charge in [-0.2, -0.15) is 0 Å². The van der Waals surface area contributed by atoms with E-state index < -0.39 is 11.2 Å². The van der Waals surface area contributed by atoms with Gasteiger partial charge in [0, 0.05) is 39.1 Å². The molecule has 112 valence electrons. The highest BCUT2D eigenvalue weighted by Crippen LogP contribution is 1.85. The first kappa shape index (κ1) is 16.2. The van der Waals surface area contributed by atoms with Crippen LogP contribution in [0.4, 0.5) is 0 Å². The van der Waals surface area contributed by atoms with Crippen LogP contribution in [-0.2, 0) is 22.6 Å². The van der Waals surface area contributed by atoms with Crippen molar-refractivity contribution in [3.05, 3.63) is 33.1 Å². The summed E-state index contributed by atoms with van der Waals surface area (Å²) in [5.41, 5.74) is -0.916. The standard InChI is InChI=1S/C13H21N3O4/c1-3-7-15-8-5-12(18)16(13(15)19)10-11(17)14-6-4-9-20-2/h5,8H,3-4,6-7,9-10H2,1-2H3,(H,14,17). The van der Waals surface area contributed by atoms with Gasteiger partial charge in [0.05, 0.1) is 0 Å². The van der Waals surface area contributed by atoms with Crippen LogP contribution in [0.2, 0.25) is 0 Å². The molecular weight excluding hydrogens is 262 g/mol. The third kappa shape index (κ3) is 4.65. The Kier molecular flexibility index (Phi) is 6.72. The van der Waals surface area contributed by atoms with Gasteiger partial charge < -0.3 is 14.6 Å². The number of hydrogen-bond acceptors (Lipinski definition) is 4. The number of ether oxygens (including phenoxy) is 1. The van der Waals surface area contributed by atoms with E-state index in [0.717, 1.165) is 11.0 Å². The predicted octanol–water partition coefficient (Wildman–Crippen LogP) is -0.427. The maximum absolute atomic E-state index is 12.0. The zero-order valence-electron chi connectivity index (χ0n) is 11.9. The van der Waals surface area contributed by atoms with Crippen LogP contribution in [-0.4, -0.2) is 35.3 Å². The van der Waals surface area contributed by atoms with Crippen LogP contribution in [0.25, 0.3) is 0 Å². The normalized spacial score (nSPS) is 10.5. The zero-order valence-corrected chi connectivity index (χ0v) is 11.9. The smallest absolute Gasteiger partial charge is 0.331 e. The van der Waals surface area contributed by atoms with Gasteiger partial charge in [-0.15, -0.1) is 0 Å². The largest absolute Gasteiger partial charge is 0.385 e. The maximum atomic E-state index is 12.0. The van der Waals surface area contributed by atoms with Crippen LogP contribution in [0.15, 0.2) is 21.9 Å². The minimum atomic E-state index is -0.464. The Morgan fingerprint density at radius 1 is 1.40 bits per heavy atom. The van der Waals surface area contributed by atoms with E-state index in [4.69, 9.17) is 4.74 Å². The van der Waals surface area contributed by atoms with E-state index in [2.05, 4.69) is 5.32 Å². The second-order valence-corrected chi connectivity index (χ2v) is 4.41. The lowest BCUT2D eigenvalue weighted by molar-refractivity contribution is -0.121. The van der Waals surface area contributed by atoms with Crippen LogP contribution in [0, 0.1) is 0 Å². The minimum absolute atomic E-state index is 0.255. The second kappa shape index (κ2) is 8.31. The molecule has 0 saturated heterocycles.